The van der Waals surface area contributed by atoms with Crippen LogP contribution in [0.15, 0.2) is 55.1 Å². The standard InChI is InChI=1S/C18H22N4O/c23-18(7-6-17-4-2-1-3-5-17)22-14-12-20(13-15-22)10-11-21-9-8-19-16-21/h1-9,16H,10-15H2/b7-6+. The second kappa shape index (κ2) is 7.74. The molecule has 1 saturated heterocycles. The molecule has 0 radical (unpaired) electrons. The van der Waals surface area contributed by atoms with Gasteiger partial charge in [0.15, 0.2) is 0 Å². The molecule has 1 amide bonds. The van der Waals surface area contributed by atoms with Crippen LogP contribution in [-0.4, -0.2) is 58.0 Å². The fraction of sp³-hybridized carbons (Fsp3) is 0.333. The molecule has 5 nitrogen and oxygen atoms in total. The summed E-state index contributed by atoms with van der Waals surface area (Å²) in [5, 5.41) is 0. The molecule has 2 heterocycles. The van der Waals surface area contributed by atoms with E-state index >= 15 is 0 Å². The lowest BCUT2D eigenvalue weighted by Crippen LogP contribution is -2.48. The highest BCUT2D eigenvalue weighted by Crippen LogP contribution is 2.06. The van der Waals surface area contributed by atoms with Crippen LogP contribution in [0.25, 0.3) is 6.08 Å². The van der Waals surface area contributed by atoms with Gasteiger partial charge < -0.3 is 9.47 Å². The van der Waals surface area contributed by atoms with Crippen LogP contribution in [0.2, 0.25) is 0 Å². The number of nitrogens with zero attached hydrogens (tertiary/aromatic N) is 4. The molecule has 1 aliphatic rings. The maximum Gasteiger partial charge on any atom is 0.246 e. The van der Waals surface area contributed by atoms with Crippen LogP contribution >= 0.6 is 0 Å². The van der Waals surface area contributed by atoms with Gasteiger partial charge in [0.1, 0.15) is 0 Å². The highest BCUT2D eigenvalue weighted by atomic mass is 16.2. The van der Waals surface area contributed by atoms with Gasteiger partial charge in [0, 0.05) is 57.7 Å². The minimum atomic E-state index is 0.100. The van der Waals surface area contributed by atoms with Gasteiger partial charge in [-0.05, 0) is 11.6 Å². The van der Waals surface area contributed by atoms with Gasteiger partial charge in [0.2, 0.25) is 5.91 Å². The SMILES string of the molecule is O=C(/C=C/c1ccccc1)N1CCN(CCn2ccnc2)CC1. The Morgan fingerprint density at radius 1 is 1.09 bits per heavy atom. The van der Waals surface area contributed by atoms with E-state index in [9.17, 15) is 4.79 Å². The normalized spacial score (nSPS) is 16.1. The molecule has 1 aliphatic heterocycles. The van der Waals surface area contributed by atoms with Gasteiger partial charge in [-0.25, -0.2) is 4.98 Å². The molecule has 0 N–H and O–H groups in total. The molecule has 3 rings (SSSR count). The Labute approximate surface area is 136 Å². The molecule has 23 heavy (non-hydrogen) atoms. The fourth-order valence-electron chi connectivity index (χ4n) is 2.70. The molecule has 1 aromatic carbocycles. The zero-order chi connectivity index (χ0) is 15.9. The Morgan fingerprint density at radius 2 is 1.87 bits per heavy atom. The van der Waals surface area contributed by atoms with E-state index in [2.05, 4.69) is 14.5 Å². The average molecular weight is 310 g/mol. The summed E-state index contributed by atoms with van der Waals surface area (Å²) in [6, 6.07) is 9.92. The van der Waals surface area contributed by atoms with Crippen molar-refractivity contribution in [3.8, 4) is 0 Å². The number of hydrogen-bond donors (Lipinski definition) is 0. The maximum atomic E-state index is 12.2. The van der Waals surface area contributed by atoms with Crippen molar-refractivity contribution in [1.29, 1.82) is 0 Å². The van der Waals surface area contributed by atoms with Gasteiger partial charge in [-0.2, -0.15) is 0 Å². The van der Waals surface area contributed by atoms with Crippen LogP contribution in [-0.2, 0) is 11.3 Å². The number of aromatic nitrogens is 2. The molecule has 0 spiro atoms. The van der Waals surface area contributed by atoms with E-state index in [0.717, 1.165) is 44.8 Å². The minimum Gasteiger partial charge on any atom is -0.337 e. The van der Waals surface area contributed by atoms with E-state index in [1.165, 1.54) is 0 Å². The average Bonchev–Trinajstić information content (AvgIpc) is 3.13. The zero-order valence-corrected chi connectivity index (χ0v) is 13.2. The van der Waals surface area contributed by atoms with Crippen molar-refractivity contribution in [1.82, 2.24) is 19.4 Å². The molecule has 5 heteroatoms. The Hall–Kier alpha value is -2.40. The van der Waals surface area contributed by atoms with Crippen LogP contribution in [0.4, 0.5) is 0 Å². The van der Waals surface area contributed by atoms with Crippen LogP contribution in [0.1, 0.15) is 5.56 Å². The Bertz CT molecular complexity index is 628. The van der Waals surface area contributed by atoms with Crippen molar-refractivity contribution in [3.63, 3.8) is 0 Å². The maximum absolute atomic E-state index is 12.2. The van der Waals surface area contributed by atoms with E-state index in [4.69, 9.17) is 0 Å². The first-order valence-electron chi connectivity index (χ1n) is 8.01. The third-order valence-electron chi connectivity index (χ3n) is 4.14. The van der Waals surface area contributed by atoms with E-state index in [1.54, 1.807) is 12.3 Å². The molecular formula is C18H22N4O. The quantitative estimate of drug-likeness (QED) is 0.790. The number of benzene rings is 1. The summed E-state index contributed by atoms with van der Waals surface area (Å²) in [6.07, 6.45) is 9.18. The van der Waals surface area contributed by atoms with E-state index in [-0.39, 0.29) is 5.91 Å². The highest BCUT2D eigenvalue weighted by Gasteiger charge is 2.19. The van der Waals surface area contributed by atoms with Gasteiger partial charge in [0.05, 0.1) is 6.33 Å². The number of carbonyl (C=O) groups is 1. The number of hydrogen-bond acceptors (Lipinski definition) is 3. The predicted octanol–water partition coefficient (Wildman–Crippen LogP) is 1.74. The van der Waals surface area contributed by atoms with Crippen molar-refractivity contribution in [2.75, 3.05) is 32.7 Å². The van der Waals surface area contributed by atoms with Crippen molar-refractivity contribution in [2.24, 2.45) is 0 Å². The predicted molar refractivity (Wildman–Crippen MR) is 90.7 cm³/mol. The molecule has 1 aromatic heterocycles. The van der Waals surface area contributed by atoms with Crippen LogP contribution in [0.3, 0.4) is 0 Å². The molecular weight excluding hydrogens is 288 g/mol. The van der Waals surface area contributed by atoms with Crippen LogP contribution in [0, 0.1) is 0 Å². The molecule has 120 valence electrons. The topological polar surface area (TPSA) is 41.4 Å². The first kappa shape index (κ1) is 15.5. The largest absolute Gasteiger partial charge is 0.337 e. The minimum absolute atomic E-state index is 0.100. The fourth-order valence-corrected chi connectivity index (χ4v) is 2.70. The smallest absolute Gasteiger partial charge is 0.246 e. The van der Waals surface area contributed by atoms with Crippen molar-refractivity contribution in [2.45, 2.75) is 6.54 Å². The van der Waals surface area contributed by atoms with Gasteiger partial charge in [-0.15, -0.1) is 0 Å². The second-order valence-electron chi connectivity index (χ2n) is 5.71. The Kier molecular flexibility index (Phi) is 5.21. The van der Waals surface area contributed by atoms with Crippen LogP contribution < -0.4 is 0 Å². The second-order valence-corrected chi connectivity index (χ2v) is 5.71. The summed E-state index contributed by atoms with van der Waals surface area (Å²) in [7, 11) is 0. The van der Waals surface area contributed by atoms with Gasteiger partial charge in [-0.1, -0.05) is 30.3 Å². The van der Waals surface area contributed by atoms with E-state index in [0.29, 0.717) is 0 Å². The Morgan fingerprint density at radius 3 is 2.57 bits per heavy atom. The lowest BCUT2D eigenvalue weighted by molar-refractivity contribution is -0.127. The van der Waals surface area contributed by atoms with Gasteiger partial charge >= 0.3 is 0 Å². The lowest BCUT2D eigenvalue weighted by Gasteiger charge is -2.34. The molecule has 0 saturated carbocycles. The highest BCUT2D eigenvalue weighted by molar-refractivity contribution is 5.91. The number of amides is 1. The lowest BCUT2D eigenvalue weighted by atomic mass is 10.2. The molecule has 1 fully saturated rings. The Balaban J connectivity index is 1.43. The summed E-state index contributed by atoms with van der Waals surface area (Å²) in [6.45, 7) is 5.39. The third-order valence-corrected chi connectivity index (χ3v) is 4.14. The molecule has 0 unspecified atom stereocenters. The monoisotopic (exact) mass is 310 g/mol. The van der Waals surface area contributed by atoms with Crippen molar-refractivity contribution < 1.29 is 4.79 Å². The van der Waals surface area contributed by atoms with Gasteiger partial charge in [0.25, 0.3) is 0 Å². The first-order chi connectivity index (χ1) is 11.3. The number of carbonyl (C=O) groups excluding carboxylic acids is 1. The van der Waals surface area contributed by atoms with E-state index in [1.807, 2.05) is 53.8 Å². The zero-order valence-electron chi connectivity index (χ0n) is 13.2. The van der Waals surface area contributed by atoms with Crippen LogP contribution in [0.5, 0.6) is 0 Å². The first-order valence-corrected chi connectivity index (χ1v) is 8.01. The summed E-state index contributed by atoms with van der Waals surface area (Å²) in [5.41, 5.74) is 1.06. The van der Waals surface area contributed by atoms with E-state index < -0.39 is 0 Å². The molecule has 0 aliphatic carbocycles. The summed E-state index contributed by atoms with van der Waals surface area (Å²) < 4.78 is 2.08. The summed E-state index contributed by atoms with van der Waals surface area (Å²) >= 11 is 0. The molecule has 0 atom stereocenters. The third kappa shape index (κ3) is 4.53. The number of piperazine rings is 1. The van der Waals surface area contributed by atoms with Gasteiger partial charge in [-0.3, -0.25) is 9.69 Å². The number of rotatable bonds is 5. The summed E-state index contributed by atoms with van der Waals surface area (Å²) in [4.78, 5) is 20.6. The molecule has 2 aromatic rings. The number of imidazole rings is 1. The summed E-state index contributed by atoms with van der Waals surface area (Å²) in [5.74, 6) is 0.100. The molecule has 0 bridgehead atoms. The van der Waals surface area contributed by atoms with Crippen molar-refractivity contribution >= 4 is 12.0 Å². The van der Waals surface area contributed by atoms with Crippen molar-refractivity contribution in [3.05, 3.63) is 60.7 Å².